The van der Waals surface area contributed by atoms with Gasteiger partial charge in [-0.15, -0.1) is 0 Å². The third-order valence-electron chi connectivity index (χ3n) is 2.72. The molecule has 0 radical (unpaired) electrons. The number of hydrogen-bond donors (Lipinski definition) is 1. The topological polar surface area (TPSA) is 30.5 Å². The average Bonchev–Trinajstić information content (AvgIpc) is 2.47. The molecule has 0 amide bonds. The Morgan fingerprint density at radius 3 is 2.05 bits per heavy atom. The van der Waals surface area contributed by atoms with Crippen molar-refractivity contribution in [2.24, 2.45) is 0 Å². The van der Waals surface area contributed by atoms with Crippen LogP contribution in [0.2, 0.25) is 0 Å². The highest BCUT2D eigenvalue weighted by atomic mass is 32.1. The molecule has 0 saturated carbocycles. The van der Waals surface area contributed by atoms with Crippen molar-refractivity contribution < 1.29 is 13.9 Å². The van der Waals surface area contributed by atoms with Gasteiger partial charge < -0.3 is 14.8 Å². The van der Waals surface area contributed by atoms with Crippen molar-refractivity contribution in [3.63, 3.8) is 0 Å². The molecular formula is C15H14FNO2S. The minimum atomic E-state index is -0.292. The van der Waals surface area contributed by atoms with Gasteiger partial charge in [-0.05, 0) is 24.3 Å². The minimum absolute atomic E-state index is 0.292. The summed E-state index contributed by atoms with van der Waals surface area (Å²) < 4.78 is 23.3. The van der Waals surface area contributed by atoms with Crippen molar-refractivity contribution in [3.05, 3.63) is 53.8 Å². The predicted molar refractivity (Wildman–Crippen MR) is 81.3 cm³/mol. The van der Waals surface area contributed by atoms with Crippen molar-refractivity contribution in [1.82, 2.24) is 0 Å². The van der Waals surface area contributed by atoms with Gasteiger partial charge in [0.1, 0.15) is 22.3 Å². The molecule has 0 fully saturated rings. The largest absolute Gasteiger partial charge is 0.497 e. The number of rotatable bonds is 4. The summed E-state index contributed by atoms with van der Waals surface area (Å²) in [6.07, 6.45) is 0. The van der Waals surface area contributed by atoms with Crippen molar-refractivity contribution in [2.75, 3.05) is 19.5 Å². The van der Waals surface area contributed by atoms with Gasteiger partial charge in [-0.1, -0.05) is 12.2 Å². The SMILES string of the molecule is COc1cc(NC(=S)c2ccc(F)cc2)cc(OC)c1. The Labute approximate surface area is 122 Å². The van der Waals surface area contributed by atoms with Crippen LogP contribution in [-0.4, -0.2) is 19.2 Å². The summed E-state index contributed by atoms with van der Waals surface area (Å²) >= 11 is 5.29. The molecule has 2 aromatic carbocycles. The van der Waals surface area contributed by atoms with Crippen molar-refractivity contribution >= 4 is 22.9 Å². The van der Waals surface area contributed by atoms with Crippen LogP contribution in [0.5, 0.6) is 11.5 Å². The minimum Gasteiger partial charge on any atom is -0.497 e. The number of anilines is 1. The maximum Gasteiger partial charge on any atom is 0.124 e. The van der Waals surface area contributed by atoms with E-state index in [4.69, 9.17) is 21.7 Å². The average molecular weight is 291 g/mol. The first-order chi connectivity index (χ1) is 9.62. The Balaban J connectivity index is 2.20. The first-order valence-electron chi connectivity index (χ1n) is 5.92. The lowest BCUT2D eigenvalue weighted by Crippen LogP contribution is -2.10. The molecule has 0 aliphatic rings. The highest BCUT2D eigenvalue weighted by Crippen LogP contribution is 2.26. The Bertz CT molecular complexity index is 592. The smallest absolute Gasteiger partial charge is 0.124 e. The summed E-state index contributed by atoms with van der Waals surface area (Å²) in [5, 5.41) is 3.08. The number of thiocarbonyl (C=S) groups is 1. The lowest BCUT2D eigenvalue weighted by Gasteiger charge is -2.11. The van der Waals surface area contributed by atoms with Gasteiger partial charge in [0.15, 0.2) is 0 Å². The molecule has 1 N–H and O–H groups in total. The molecule has 0 aromatic heterocycles. The number of methoxy groups -OCH3 is 2. The van der Waals surface area contributed by atoms with Crippen molar-refractivity contribution in [3.8, 4) is 11.5 Å². The Morgan fingerprint density at radius 2 is 1.55 bits per heavy atom. The molecule has 20 heavy (non-hydrogen) atoms. The van der Waals surface area contributed by atoms with Gasteiger partial charge in [-0.2, -0.15) is 0 Å². The molecule has 0 aliphatic heterocycles. The Morgan fingerprint density at radius 1 is 1.00 bits per heavy atom. The van der Waals surface area contributed by atoms with Gasteiger partial charge in [0, 0.05) is 29.4 Å². The van der Waals surface area contributed by atoms with Gasteiger partial charge >= 0.3 is 0 Å². The maximum atomic E-state index is 12.9. The monoisotopic (exact) mass is 291 g/mol. The van der Waals surface area contributed by atoms with Crippen LogP contribution in [0.1, 0.15) is 5.56 Å². The van der Waals surface area contributed by atoms with Crippen molar-refractivity contribution in [2.45, 2.75) is 0 Å². The second-order valence-corrected chi connectivity index (χ2v) is 4.47. The fourth-order valence-electron chi connectivity index (χ4n) is 1.68. The summed E-state index contributed by atoms with van der Waals surface area (Å²) in [6, 6.07) is 11.4. The first-order valence-corrected chi connectivity index (χ1v) is 6.33. The fraction of sp³-hybridized carbons (Fsp3) is 0.133. The zero-order valence-corrected chi connectivity index (χ0v) is 12.0. The van der Waals surface area contributed by atoms with E-state index in [2.05, 4.69) is 5.32 Å². The summed E-state index contributed by atoms with van der Waals surface area (Å²) in [5.74, 6) is 1.03. The lowest BCUT2D eigenvalue weighted by molar-refractivity contribution is 0.395. The van der Waals surface area contributed by atoms with Crippen LogP contribution in [0, 0.1) is 5.82 Å². The predicted octanol–water partition coefficient (Wildman–Crippen LogP) is 3.63. The number of hydrogen-bond acceptors (Lipinski definition) is 3. The molecule has 2 aromatic rings. The molecule has 104 valence electrons. The zero-order valence-electron chi connectivity index (χ0n) is 11.1. The molecular weight excluding hydrogens is 277 g/mol. The van der Waals surface area contributed by atoms with E-state index in [1.54, 1.807) is 44.6 Å². The standard InChI is InChI=1S/C15H14FNO2S/c1-18-13-7-12(8-14(9-13)19-2)17-15(20)10-3-5-11(16)6-4-10/h3-9H,1-2H3,(H,17,20). The molecule has 3 nitrogen and oxygen atoms in total. The number of halogens is 1. The van der Waals surface area contributed by atoms with Gasteiger partial charge in [0.2, 0.25) is 0 Å². The van der Waals surface area contributed by atoms with Crippen LogP contribution < -0.4 is 14.8 Å². The number of benzene rings is 2. The molecule has 0 spiro atoms. The molecule has 0 bridgehead atoms. The third kappa shape index (κ3) is 3.45. The zero-order chi connectivity index (χ0) is 14.5. The molecule has 0 aliphatic carbocycles. The highest BCUT2D eigenvalue weighted by Gasteiger charge is 2.05. The molecule has 0 saturated heterocycles. The fourth-order valence-corrected chi connectivity index (χ4v) is 1.94. The van der Waals surface area contributed by atoms with E-state index >= 15 is 0 Å². The van der Waals surface area contributed by atoms with Crippen molar-refractivity contribution in [1.29, 1.82) is 0 Å². The van der Waals surface area contributed by atoms with Crippen LogP contribution in [0.4, 0.5) is 10.1 Å². The van der Waals surface area contributed by atoms with E-state index in [-0.39, 0.29) is 5.82 Å². The van der Waals surface area contributed by atoms with Gasteiger partial charge in [-0.25, -0.2) is 4.39 Å². The normalized spacial score (nSPS) is 9.95. The van der Waals surface area contributed by atoms with E-state index in [1.807, 2.05) is 0 Å². The second-order valence-electron chi connectivity index (χ2n) is 4.06. The van der Waals surface area contributed by atoms with Crippen LogP contribution in [-0.2, 0) is 0 Å². The summed E-state index contributed by atoms with van der Waals surface area (Å²) in [4.78, 5) is 0.500. The number of nitrogens with one attached hydrogen (secondary N) is 1. The molecule has 0 unspecified atom stereocenters. The molecule has 0 heterocycles. The van der Waals surface area contributed by atoms with Crippen LogP contribution in [0.15, 0.2) is 42.5 Å². The van der Waals surface area contributed by atoms with E-state index in [0.29, 0.717) is 16.5 Å². The van der Waals surface area contributed by atoms with Crippen LogP contribution >= 0.6 is 12.2 Å². The summed E-state index contributed by atoms with van der Waals surface area (Å²) in [7, 11) is 3.16. The molecule has 2 rings (SSSR count). The Kier molecular flexibility index (Phi) is 4.53. The van der Waals surface area contributed by atoms with Crippen LogP contribution in [0.25, 0.3) is 0 Å². The van der Waals surface area contributed by atoms with Gasteiger partial charge in [-0.3, -0.25) is 0 Å². The second kappa shape index (κ2) is 6.34. The van der Waals surface area contributed by atoms with E-state index in [0.717, 1.165) is 11.3 Å². The summed E-state index contributed by atoms with van der Waals surface area (Å²) in [5.41, 5.74) is 1.48. The highest BCUT2D eigenvalue weighted by molar-refractivity contribution is 7.81. The Hall–Kier alpha value is -2.14. The third-order valence-corrected chi connectivity index (χ3v) is 3.05. The van der Waals surface area contributed by atoms with Gasteiger partial charge in [0.05, 0.1) is 14.2 Å². The lowest BCUT2D eigenvalue weighted by atomic mass is 10.2. The first kappa shape index (κ1) is 14.3. The van der Waals surface area contributed by atoms with Gasteiger partial charge in [0.25, 0.3) is 0 Å². The maximum absolute atomic E-state index is 12.9. The van der Waals surface area contributed by atoms with E-state index < -0.39 is 0 Å². The van der Waals surface area contributed by atoms with Crippen LogP contribution in [0.3, 0.4) is 0 Å². The van der Waals surface area contributed by atoms with E-state index in [1.165, 1.54) is 12.1 Å². The number of ether oxygens (including phenoxy) is 2. The molecule has 5 heteroatoms. The summed E-state index contributed by atoms with van der Waals surface area (Å²) in [6.45, 7) is 0. The quantitative estimate of drug-likeness (QED) is 0.871. The van der Waals surface area contributed by atoms with E-state index in [9.17, 15) is 4.39 Å². The molecule has 0 atom stereocenters.